The molecule has 0 aliphatic heterocycles. The molecule has 0 fully saturated rings. The van der Waals surface area contributed by atoms with E-state index in [4.69, 9.17) is 0 Å². The molecule has 3 heteroatoms. The summed E-state index contributed by atoms with van der Waals surface area (Å²) in [6.45, 7) is 0. The summed E-state index contributed by atoms with van der Waals surface area (Å²) >= 11 is 0. The summed E-state index contributed by atoms with van der Waals surface area (Å²) in [7, 11) is 0. The van der Waals surface area contributed by atoms with Crippen LogP contribution in [0.2, 0.25) is 0 Å². The third-order valence-electron chi connectivity index (χ3n) is 1.25. The fourth-order valence-electron chi connectivity index (χ4n) is 0.726. The van der Waals surface area contributed by atoms with Crippen molar-refractivity contribution in [1.82, 2.24) is 0 Å². The molecule has 0 aliphatic carbocycles. The van der Waals surface area contributed by atoms with Gasteiger partial charge in [0.05, 0.1) is 0 Å². The van der Waals surface area contributed by atoms with E-state index in [0.29, 0.717) is 23.7 Å². The number of carbonyl (C=O) groups is 2. The van der Waals surface area contributed by atoms with E-state index < -0.39 is 0 Å². The van der Waals surface area contributed by atoms with Gasteiger partial charge in [-0.15, -0.1) is 0 Å². The van der Waals surface area contributed by atoms with E-state index in [1.807, 2.05) is 0 Å². The summed E-state index contributed by atoms with van der Waals surface area (Å²) in [5.74, 6) is 0. The van der Waals surface area contributed by atoms with Crippen molar-refractivity contribution < 1.29 is 26.4 Å². The summed E-state index contributed by atoms with van der Waals surface area (Å²) in [6, 6.07) is 6.65. The van der Waals surface area contributed by atoms with Crippen LogP contribution in [0.5, 0.6) is 0 Å². The second kappa shape index (κ2) is 4.82. The Morgan fingerprint density at radius 3 is 1.55 bits per heavy atom. The van der Waals surface area contributed by atoms with E-state index in [-0.39, 0.29) is 16.8 Å². The van der Waals surface area contributed by atoms with Crippen molar-refractivity contribution in [3.8, 4) is 0 Å². The molecule has 0 N–H and O–H groups in total. The third kappa shape index (κ3) is 2.29. The Bertz CT molecular complexity index is 231. The molecular formula is C8H6CoO2. The molecule has 0 bridgehead atoms. The second-order valence-electron chi connectivity index (χ2n) is 1.86. The first kappa shape index (κ1) is 10.1. The Morgan fingerprint density at radius 1 is 0.909 bits per heavy atom. The number of aldehydes is 2. The smallest absolute Gasteiger partial charge is 0.150 e. The number of rotatable bonds is 2. The summed E-state index contributed by atoms with van der Waals surface area (Å²) in [4.78, 5) is 20.5. The molecule has 0 amide bonds. The van der Waals surface area contributed by atoms with E-state index in [9.17, 15) is 9.59 Å². The molecule has 0 atom stereocenters. The first-order valence-electron chi connectivity index (χ1n) is 2.88. The van der Waals surface area contributed by atoms with Crippen molar-refractivity contribution in [2.24, 2.45) is 0 Å². The van der Waals surface area contributed by atoms with Crippen LogP contribution in [-0.4, -0.2) is 12.6 Å². The monoisotopic (exact) mass is 193 g/mol. The summed E-state index contributed by atoms with van der Waals surface area (Å²) < 4.78 is 0. The topological polar surface area (TPSA) is 34.1 Å². The molecule has 1 aromatic rings. The van der Waals surface area contributed by atoms with Gasteiger partial charge in [0.15, 0.2) is 12.6 Å². The van der Waals surface area contributed by atoms with Crippen molar-refractivity contribution in [2.75, 3.05) is 0 Å². The Hall–Kier alpha value is -0.934. The van der Waals surface area contributed by atoms with Crippen molar-refractivity contribution in [3.05, 3.63) is 35.4 Å². The van der Waals surface area contributed by atoms with E-state index in [0.717, 1.165) is 0 Å². The first-order chi connectivity index (χ1) is 4.88. The Labute approximate surface area is 74.8 Å². The number of hydrogen-bond donors (Lipinski definition) is 0. The molecule has 0 aromatic heterocycles. The largest absolute Gasteiger partial charge is 0.298 e. The maximum absolute atomic E-state index is 10.2. The molecule has 11 heavy (non-hydrogen) atoms. The van der Waals surface area contributed by atoms with E-state index >= 15 is 0 Å². The molecule has 0 saturated carbocycles. The molecular weight excluding hydrogens is 187 g/mol. The van der Waals surface area contributed by atoms with Gasteiger partial charge in [-0.05, 0) is 0 Å². The van der Waals surface area contributed by atoms with Crippen molar-refractivity contribution in [2.45, 2.75) is 0 Å². The second-order valence-corrected chi connectivity index (χ2v) is 1.86. The van der Waals surface area contributed by atoms with E-state index in [2.05, 4.69) is 0 Å². The van der Waals surface area contributed by atoms with Crippen LogP contribution in [0.15, 0.2) is 24.3 Å². The van der Waals surface area contributed by atoms with Crippen molar-refractivity contribution in [3.63, 3.8) is 0 Å². The predicted molar refractivity (Wildman–Crippen MR) is 37.2 cm³/mol. The molecule has 0 spiro atoms. The van der Waals surface area contributed by atoms with E-state index in [1.165, 1.54) is 0 Å². The molecule has 0 heterocycles. The van der Waals surface area contributed by atoms with Gasteiger partial charge in [-0.1, -0.05) is 24.3 Å². The normalized spacial score (nSPS) is 8.00. The Balaban J connectivity index is 0.000001000. The van der Waals surface area contributed by atoms with Gasteiger partial charge in [0.2, 0.25) is 0 Å². The van der Waals surface area contributed by atoms with Gasteiger partial charge in [0, 0.05) is 27.9 Å². The SMILES string of the molecule is O=Cc1ccccc1C=O.[Co]. The van der Waals surface area contributed by atoms with Crippen LogP contribution >= 0.6 is 0 Å². The minimum Gasteiger partial charge on any atom is -0.298 e. The third-order valence-corrected chi connectivity index (χ3v) is 1.25. The molecule has 0 saturated heterocycles. The molecule has 0 unspecified atom stereocenters. The zero-order valence-corrected chi connectivity index (χ0v) is 6.65. The van der Waals surface area contributed by atoms with Gasteiger partial charge in [-0.25, -0.2) is 0 Å². The molecule has 0 aliphatic rings. The van der Waals surface area contributed by atoms with Crippen LogP contribution in [0.1, 0.15) is 20.7 Å². The fourth-order valence-corrected chi connectivity index (χ4v) is 0.726. The maximum Gasteiger partial charge on any atom is 0.150 e. The van der Waals surface area contributed by atoms with Crippen LogP contribution in [-0.2, 0) is 16.8 Å². The van der Waals surface area contributed by atoms with E-state index in [1.54, 1.807) is 24.3 Å². The minimum atomic E-state index is 0. The first-order valence-corrected chi connectivity index (χ1v) is 2.88. The summed E-state index contributed by atoms with van der Waals surface area (Å²) in [5, 5.41) is 0. The fraction of sp³-hybridized carbons (Fsp3) is 0. The van der Waals surface area contributed by atoms with Gasteiger partial charge in [-0.2, -0.15) is 0 Å². The summed E-state index contributed by atoms with van der Waals surface area (Å²) in [6.07, 6.45) is 1.34. The van der Waals surface area contributed by atoms with Gasteiger partial charge in [-0.3, -0.25) is 9.59 Å². The van der Waals surface area contributed by atoms with Crippen molar-refractivity contribution >= 4 is 12.6 Å². The predicted octanol–water partition coefficient (Wildman–Crippen LogP) is 1.31. The van der Waals surface area contributed by atoms with Crippen LogP contribution in [0.3, 0.4) is 0 Å². The van der Waals surface area contributed by atoms with Crippen LogP contribution in [0.4, 0.5) is 0 Å². The number of carbonyl (C=O) groups excluding carboxylic acids is 2. The average Bonchev–Trinajstić information content (AvgIpc) is 2.04. The van der Waals surface area contributed by atoms with Crippen LogP contribution < -0.4 is 0 Å². The van der Waals surface area contributed by atoms with Gasteiger partial charge in [0.1, 0.15) is 0 Å². The number of hydrogen-bond acceptors (Lipinski definition) is 2. The Morgan fingerprint density at radius 2 is 1.27 bits per heavy atom. The molecule has 1 aromatic carbocycles. The molecule has 59 valence electrons. The molecule has 1 radical (unpaired) electrons. The Kier molecular flexibility index (Phi) is 4.41. The molecule has 2 nitrogen and oxygen atoms in total. The zero-order chi connectivity index (χ0) is 7.40. The standard InChI is InChI=1S/C8H6O2.Co/c9-5-7-3-1-2-4-8(7)6-10;/h1-6H;. The average molecular weight is 193 g/mol. The molecule has 1 rings (SSSR count). The van der Waals surface area contributed by atoms with Crippen LogP contribution in [0.25, 0.3) is 0 Å². The zero-order valence-electron chi connectivity index (χ0n) is 5.61. The van der Waals surface area contributed by atoms with Crippen LogP contribution in [0, 0.1) is 0 Å². The number of benzene rings is 1. The minimum absolute atomic E-state index is 0. The van der Waals surface area contributed by atoms with Gasteiger partial charge < -0.3 is 0 Å². The summed E-state index contributed by atoms with van der Waals surface area (Å²) in [5.41, 5.74) is 0.884. The van der Waals surface area contributed by atoms with Gasteiger partial charge >= 0.3 is 0 Å². The van der Waals surface area contributed by atoms with Gasteiger partial charge in [0.25, 0.3) is 0 Å². The quantitative estimate of drug-likeness (QED) is 0.663. The maximum atomic E-state index is 10.2. The van der Waals surface area contributed by atoms with Crippen molar-refractivity contribution in [1.29, 1.82) is 0 Å².